The Kier molecular flexibility index (Phi) is 7.01. The van der Waals surface area contributed by atoms with Crippen molar-refractivity contribution in [2.24, 2.45) is 0 Å². The van der Waals surface area contributed by atoms with Crippen molar-refractivity contribution >= 4 is 22.6 Å². The molecule has 5 heteroatoms. The number of aromatic nitrogens is 2. The number of ether oxygens (including phenoxy) is 2. The number of aryl methyl sites for hydroxylation is 4. The lowest BCUT2D eigenvalue weighted by molar-refractivity contribution is 0.285. The minimum atomic E-state index is 0.442. The van der Waals surface area contributed by atoms with Gasteiger partial charge in [-0.05, 0) is 86.7 Å². The number of imidazole rings is 1. The Morgan fingerprint density at radius 2 is 1.62 bits per heavy atom. The summed E-state index contributed by atoms with van der Waals surface area (Å²) in [6, 6.07) is 20.4. The number of halogens is 1. The van der Waals surface area contributed by atoms with Gasteiger partial charge in [-0.2, -0.15) is 0 Å². The molecule has 166 valence electrons. The van der Waals surface area contributed by atoms with E-state index in [1.807, 2.05) is 50.2 Å². The summed E-state index contributed by atoms with van der Waals surface area (Å²) in [5, 5.41) is 0.810. The molecule has 0 aliphatic carbocycles. The van der Waals surface area contributed by atoms with Crippen molar-refractivity contribution in [2.45, 2.75) is 46.8 Å². The van der Waals surface area contributed by atoms with Crippen molar-refractivity contribution in [3.63, 3.8) is 0 Å². The van der Waals surface area contributed by atoms with Crippen molar-refractivity contribution in [3.8, 4) is 11.5 Å². The molecule has 0 bridgehead atoms. The van der Waals surface area contributed by atoms with Crippen LogP contribution >= 0.6 is 11.6 Å². The van der Waals surface area contributed by atoms with Crippen LogP contribution < -0.4 is 9.47 Å². The summed E-state index contributed by atoms with van der Waals surface area (Å²) >= 11 is 6.25. The first-order valence-corrected chi connectivity index (χ1v) is 11.4. The largest absolute Gasteiger partial charge is 0.494 e. The van der Waals surface area contributed by atoms with Crippen molar-refractivity contribution in [1.29, 1.82) is 0 Å². The molecule has 0 atom stereocenters. The number of nitrogens with zero attached hydrogens (tertiary/aromatic N) is 2. The smallest absolute Gasteiger partial charge is 0.147 e. The minimum Gasteiger partial charge on any atom is -0.494 e. The van der Waals surface area contributed by atoms with Gasteiger partial charge in [-0.3, -0.25) is 0 Å². The predicted octanol–water partition coefficient (Wildman–Crippen LogP) is 7.05. The van der Waals surface area contributed by atoms with Gasteiger partial charge in [0.1, 0.15) is 23.9 Å². The second-order valence-electron chi connectivity index (χ2n) is 8.20. The highest BCUT2D eigenvalue weighted by atomic mass is 35.5. The molecule has 0 fully saturated rings. The van der Waals surface area contributed by atoms with E-state index in [1.165, 1.54) is 5.56 Å². The summed E-state index contributed by atoms with van der Waals surface area (Å²) in [7, 11) is 0. The molecular weight excluding hydrogens is 420 g/mol. The van der Waals surface area contributed by atoms with E-state index in [0.717, 1.165) is 63.9 Å². The van der Waals surface area contributed by atoms with Crippen LogP contribution in [0.5, 0.6) is 11.5 Å². The summed E-state index contributed by atoms with van der Waals surface area (Å²) in [6.45, 7) is 8.06. The van der Waals surface area contributed by atoms with Crippen LogP contribution in [0.3, 0.4) is 0 Å². The molecule has 3 aromatic carbocycles. The van der Waals surface area contributed by atoms with Crippen molar-refractivity contribution < 1.29 is 9.47 Å². The molecule has 0 aliphatic heterocycles. The van der Waals surface area contributed by atoms with Crippen LogP contribution in [0, 0.1) is 20.8 Å². The quantitative estimate of drug-likeness (QED) is 0.257. The fraction of sp³-hybridized carbons (Fsp3) is 0.296. The predicted molar refractivity (Wildman–Crippen MR) is 131 cm³/mol. The molecule has 0 saturated heterocycles. The van der Waals surface area contributed by atoms with Crippen molar-refractivity contribution in [1.82, 2.24) is 9.55 Å². The van der Waals surface area contributed by atoms with Crippen LogP contribution in [0.1, 0.15) is 35.4 Å². The zero-order valence-electron chi connectivity index (χ0n) is 18.9. The number of rotatable bonds is 9. The SMILES string of the molecule is Cc1cccc(OCc2nc3ccccc3n2CCCCOc2cc(C)c(Cl)c(C)c2)c1. The van der Waals surface area contributed by atoms with E-state index >= 15 is 0 Å². The van der Waals surface area contributed by atoms with Crippen LogP contribution in [0.25, 0.3) is 11.0 Å². The summed E-state index contributed by atoms with van der Waals surface area (Å²) in [5.41, 5.74) is 5.41. The van der Waals surface area contributed by atoms with E-state index in [9.17, 15) is 0 Å². The maximum atomic E-state index is 6.25. The third-order valence-corrected chi connectivity index (χ3v) is 6.14. The third-order valence-electron chi connectivity index (χ3n) is 5.55. The lowest BCUT2D eigenvalue weighted by Crippen LogP contribution is -2.09. The van der Waals surface area contributed by atoms with Gasteiger partial charge in [0.15, 0.2) is 0 Å². The van der Waals surface area contributed by atoms with E-state index in [2.05, 4.69) is 35.8 Å². The number of benzene rings is 3. The van der Waals surface area contributed by atoms with Crippen LogP contribution in [0.15, 0.2) is 60.7 Å². The fourth-order valence-corrected chi connectivity index (χ4v) is 4.00. The summed E-state index contributed by atoms with van der Waals surface area (Å²) < 4.78 is 14.3. The van der Waals surface area contributed by atoms with E-state index in [0.29, 0.717) is 13.2 Å². The Labute approximate surface area is 194 Å². The van der Waals surface area contributed by atoms with Crippen molar-refractivity contribution in [2.75, 3.05) is 6.61 Å². The Morgan fingerprint density at radius 3 is 2.41 bits per heavy atom. The van der Waals surface area contributed by atoms with E-state index in [4.69, 9.17) is 26.1 Å². The molecule has 0 unspecified atom stereocenters. The molecule has 32 heavy (non-hydrogen) atoms. The monoisotopic (exact) mass is 448 g/mol. The maximum absolute atomic E-state index is 6.25. The molecule has 4 nitrogen and oxygen atoms in total. The maximum Gasteiger partial charge on any atom is 0.147 e. The number of fused-ring (bicyclic) bond motifs is 1. The molecule has 0 spiro atoms. The Bertz CT molecular complexity index is 1190. The van der Waals surface area contributed by atoms with Gasteiger partial charge in [-0.25, -0.2) is 4.98 Å². The number of para-hydroxylation sites is 2. The zero-order valence-corrected chi connectivity index (χ0v) is 19.7. The topological polar surface area (TPSA) is 36.3 Å². The van der Waals surface area contributed by atoms with E-state index in [1.54, 1.807) is 0 Å². The van der Waals surface area contributed by atoms with Gasteiger partial charge < -0.3 is 14.0 Å². The van der Waals surface area contributed by atoms with Crippen LogP contribution in [-0.4, -0.2) is 16.2 Å². The van der Waals surface area contributed by atoms with Crippen molar-refractivity contribution in [3.05, 3.63) is 88.2 Å². The Balaban J connectivity index is 1.38. The molecule has 0 N–H and O–H groups in total. The molecule has 0 radical (unpaired) electrons. The highest BCUT2D eigenvalue weighted by Crippen LogP contribution is 2.26. The second kappa shape index (κ2) is 10.1. The van der Waals surface area contributed by atoms with E-state index < -0.39 is 0 Å². The van der Waals surface area contributed by atoms with Gasteiger partial charge in [-0.15, -0.1) is 0 Å². The summed E-state index contributed by atoms with van der Waals surface area (Å²) in [4.78, 5) is 4.82. The van der Waals surface area contributed by atoms with Crippen LogP contribution in [0.4, 0.5) is 0 Å². The lowest BCUT2D eigenvalue weighted by Gasteiger charge is -2.12. The third kappa shape index (κ3) is 5.25. The van der Waals surface area contributed by atoms with Gasteiger partial charge in [0.25, 0.3) is 0 Å². The molecule has 1 heterocycles. The average molecular weight is 449 g/mol. The molecule has 4 rings (SSSR count). The zero-order chi connectivity index (χ0) is 22.5. The number of unbranched alkanes of at least 4 members (excludes halogenated alkanes) is 1. The number of hydrogen-bond acceptors (Lipinski definition) is 3. The van der Waals surface area contributed by atoms with Crippen LogP contribution in [-0.2, 0) is 13.2 Å². The number of hydrogen-bond donors (Lipinski definition) is 0. The Hall–Kier alpha value is -2.98. The van der Waals surface area contributed by atoms with E-state index in [-0.39, 0.29) is 0 Å². The first-order chi connectivity index (χ1) is 15.5. The molecule has 1 aromatic heterocycles. The first kappa shape index (κ1) is 22.2. The van der Waals surface area contributed by atoms with Gasteiger partial charge in [-0.1, -0.05) is 35.9 Å². The van der Waals surface area contributed by atoms with Gasteiger partial charge >= 0.3 is 0 Å². The van der Waals surface area contributed by atoms with Gasteiger partial charge in [0, 0.05) is 11.6 Å². The highest BCUT2D eigenvalue weighted by molar-refractivity contribution is 6.32. The average Bonchev–Trinajstić information content (AvgIpc) is 3.13. The summed E-state index contributed by atoms with van der Waals surface area (Å²) in [6.07, 6.45) is 1.94. The molecular formula is C27H29ClN2O2. The summed E-state index contributed by atoms with van der Waals surface area (Å²) in [5.74, 6) is 2.69. The molecule has 0 saturated carbocycles. The molecule has 4 aromatic rings. The van der Waals surface area contributed by atoms with Gasteiger partial charge in [0.2, 0.25) is 0 Å². The standard InChI is InChI=1S/C27H29ClN2O2/c1-19-9-8-10-22(15-19)32-18-26-29-24-11-4-5-12-25(24)30(26)13-6-7-14-31-23-16-20(2)27(28)21(3)17-23/h4-5,8-12,15-17H,6-7,13-14,18H2,1-3H3. The fourth-order valence-electron chi connectivity index (χ4n) is 3.89. The van der Waals surface area contributed by atoms with Crippen LogP contribution in [0.2, 0.25) is 5.02 Å². The minimum absolute atomic E-state index is 0.442. The highest BCUT2D eigenvalue weighted by Gasteiger charge is 2.11. The Morgan fingerprint density at radius 1 is 0.844 bits per heavy atom. The normalized spacial score (nSPS) is 11.1. The second-order valence-corrected chi connectivity index (χ2v) is 8.58. The van der Waals surface area contributed by atoms with Gasteiger partial charge in [0.05, 0.1) is 17.6 Å². The molecule has 0 amide bonds. The molecule has 0 aliphatic rings. The first-order valence-electron chi connectivity index (χ1n) is 11.0. The lowest BCUT2D eigenvalue weighted by atomic mass is 10.1.